The van der Waals surface area contributed by atoms with E-state index in [0.717, 1.165) is 19.3 Å². The van der Waals surface area contributed by atoms with Crippen LogP contribution >= 0.6 is 12.4 Å². The van der Waals surface area contributed by atoms with E-state index in [1.165, 1.54) is 0 Å². The molecular formula is C12H25ClN2O2. The van der Waals surface area contributed by atoms with E-state index in [2.05, 4.69) is 19.2 Å². The van der Waals surface area contributed by atoms with Crippen LogP contribution in [0.4, 0.5) is 0 Å². The van der Waals surface area contributed by atoms with Crippen LogP contribution in [-0.2, 0) is 9.53 Å². The first-order valence-corrected chi connectivity index (χ1v) is 6.10. The molecule has 0 spiro atoms. The van der Waals surface area contributed by atoms with E-state index in [4.69, 9.17) is 10.5 Å². The van der Waals surface area contributed by atoms with E-state index >= 15 is 0 Å². The molecule has 5 heteroatoms. The van der Waals surface area contributed by atoms with Crippen molar-refractivity contribution in [2.45, 2.75) is 51.7 Å². The first-order chi connectivity index (χ1) is 7.47. The first kappa shape index (κ1) is 16.7. The minimum atomic E-state index is -0.308. The number of rotatable bonds is 5. The molecule has 1 heterocycles. The van der Waals surface area contributed by atoms with Gasteiger partial charge in [-0.05, 0) is 32.1 Å². The van der Waals surface area contributed by atoms with E-state index < -0.39 is 0 Å². The molecule has 3 N–H and O–H groups in total. The number of hydrogen-bond acceptors (Lipinski definition) is 3. The summed E-state index contributed by atoms with van der Waals surface area (Å²) in [4.78, 5) is 11.9. The van der Waals surface area contributed by atoms with Gasteiger partial charge in [0.05, 0.1) is 0 Å². The number of nitrogens with one attached hydrogen (secondary N) is 1. The lowest BCUT2D eigenvalue weighted by molar-refractivity contribution is -0.132. The summed E-state index contributed by atoms with van der Waals surface area (Å²) in [6.07, 6.45) is 2.43. The van der Waals surface area contributed by atoms with Crippen molar-refractivity contribution in [2.24, 2.45) is 11.7 Å². The Hall–Kier alpha value is -0.320. The van der Waals surface area contributed by atoms with Gasteiger partial charge in [-0.1, -0.05) is 13.8 Å². The van der Waals surface area contributed by atoms with Gasteiger partial charge in [-0.25, -0.2) is 0 Å². The van der Waals surface area contributed by atoms with E-state index in [0.29, 0.717) is 19.1 Å². The summed E-state index contributed by atoms with van der Waals surface area (Å²) in [5.41, 5.74) is 5.44. The van der Waals surface area contributed by atoms with Crippen LogP contribution in [0.1, 0.15) is 40.0 Å². The molecule has 1 rings (SSSR count). The van der Waals surface area contributed by atoms with Gasteiger partial charge in [0.15, 0.2) is 0 Å². The van der Waals surface area contributed by atoms with Gasteiger partial charge in [-0.3, -0.25) is 4.79 Å². The zero-order valence-corrected chi connectivity index (χ0v) is 11.8. The van der Waals surface area contributed by atoms with Gasteiger partial charge in [0, 0.05) is 18.7 Å². The molecular weight excluding hydrogens is 240 g/mol. The molecule has 0 aromatic heterocycles. The predicted molar refractivity (Wildman–Crippen MR) is 71.3 cm³/mol. The Morgan fingerprint density at radius 1 is 1.59 bits per heavy atom. The lowest BCUT2D eigenvalue weighted by Gasteiger charge is -2.32. The molecule has 0 aromatic rings. The summed E-state index contributed by atoms with van der Waals surface area (Å²) in [6.45, 7) is 7.42. The van der Waals surface area contributed by atoms with Gasteiger partial charge in [0.25, 0.3) is 0 Å². The van der Waals surface area contributed by atoms with Gasteiger partial charge >= 0.3 is 0 Å². The highest BCUT2D eigenvalue weighted by Gasteiger charge is 2.31. The molecule has 1 aliphatic heterocycles. The molecule has 4 nitrogen and oxygen atoms in total. The number of halogens is 1. The summed E-state index contributed by atoms with van der Waals surface area (Å²) in [6, 6.07) is 0. The zero-order valence-electron chi connectivity index (χ0n) is 11.0. The van der Waals surface area contributed by atoms with Crippen molar-refractivity contribution < 1.29 is 9.53 Å². The van der Waals surface area contributed by atoms with Crippen LogP contribution in [0.15, 0.2) is 0 Å². The fourth-order valence-corrected chi connectivity index (χ4v) is 2.25. The van der Waals surface area contributed by atoms with Gasteiger partial charge in [-0.2, -0.15) is 0 Å². The molecule has 0 aromatic carbocycles. The van der Waals surface area contributed by atoms with E-state index in [1.54, 1.807) is 0 Å². The van der Waals surface area contributed by atoms with Gasteiger partial charge < -0.3 is 15.8 Å². The number of hydrogen-bond donors (Lipinski definition) is 2. The maximum absolute atomic E-state index is 11.9. The largest absolute Gasteiger partial charge is 0.368 e. The second kappa shape index (κ2) is 7.19. The standard InChI is InChI=1S/C12H24N2O2.ClH/c1-9(2)7-12(3,8-13)14-11(15)10-5-4-6-16-10;/h9-10H,4-8,13H2,1-3H3,(H,14,15);1H. The van der Waals surface area contributed by atoms with Crippen LogP contribution in [0.2, 0.25) is 0 Å². The Bertz CT molecular complexity index is 243. The minimum Gasteiger partial charge on any atom is -0.368 e. The van der Waals surface area contributed by atoms with Crippen molar-refractivity contribution >= 4 is 18.3 Å². The van der Waals surface area contributed by atoms with Crippen LogP contribution < -0.4 is 11.1 Å². The molecule has 1 aliphatic rings. The lowest BCUT2D eigenvalue weighted by Crippen LogP contribution is -2.54. The highest BCUT2D eigenvalue weighted by Crippen LogP contribution is 2.18. The molecule has 0 aliphatic carbocycles. The second-order valence-electron chi connectivity index (χ2n) is 5.35. The molecule has 2 atom stereocenters. The molecule has 1 saturated heterocycles. The SMILES string of the molecule is CC(C)CC(C)(CN)NC(=O)C1CCCO1.Cl. The summed E-state index contributed by atoms with van der Waals surface area (Å²) in [5, 5.41) is 3.03. The topological polar surface area (TPSA) is 64.3 Å². The van der Waals surface area contributed by atoms with Crippen molar-refractivity contribution in [1.82, 2.24) is 5.32 Å². The number of amides is 1. The van der Waals surface area contributed by atoms with Crippen LogP contribution in [0, 0.1) is 5.92 Å². The monoisotopic (exact) mass is 264 g/mol. The van der Waals surface area contributed by atoms with Crippen LogP contribution in [0.5, 0.6) is 0 Å². The summed E-state index contributed by atoms with van der Waals surface area (Å²) >= 11 is 0. The van der Waals surface area contributed by atoms with E-state index in [1.807, 2.05) is 6.92 Å². The minimum absolute atomic E-state index is 0. The fraction of sp³-hybridized carbons (Fsp3) is 0.917. The Balaban J connectivity index is 0.00000256. The maximum Gasteiger partial charge on any atom is 0.249 e. The molecule has 0 saturated carbocycles. The Labute approximate surface area is 110 Å². The van der Waals surface area contributed by atoms with E-state index in [9.17, 15) is 4.79 Å². The summed E-state index contributed by atoms with van der Waals surface area (Å²) in [5.74, 6) is 0.504. The molecule has 2 unspecified atom stereocenters. The van der Waals surface area contributed by atoms with Crippen molar-refractivity contribution in [3.63, 3.8) is 0 Å². The van der Waals surface area contributed by atoms with Crippen molar-refractivity contribution in [1.29, 1.82) is 0 Å². The van der Waals surface area contributed by atoms with Crippen molar-refractivity contribution in [3.8, 4) is 0 Å². The van der Waals surface area contributed by atoms with Crippen LogP contribution in [0.25, 0.3) is 0 Å². The average Bonchev–Trinajstić information content (AvgIpc) is 2.69. The quantitative estimate of drug-likeness (QED) is 0.790. The Morgan fingerprint density at radius 2 is 2.24 bits per heavy atom. The van der Waals surface area contributed by atoms with Crippen LogP contribution in [-0.4, -0.2) is 30.7 Å². The molecule has 102 valence electrons. The normalized spacial score (nSPS) is 23.0. The average molecular weight is 265 g/mol. The van der Waals surface area contributed by atoms with E-state index in [-0.39, 0.29) is 30.0 Å². The number of carbonyl (C=O) groups is 1. The fourth-order valence-electron chi connectivity index (χ4n) is 2.25. The molecule has 0 bridgehead atoms. The highest BCUT2D eigenvalue weighted by molar-refractivity contribution is 5.85. The number of carbonyl (C=O) groups excluding carboxylic acids is 1. The zero-order chi connectivity index (χ0) is 12.2. The molecule has 1 amide bonds. The predicted octanol–water partition coefficient (Wildman–Crippen LogP) is 1.47. The molecule has 1 fully saturated rings. The van der Waals surface area contributed by atoms with Gasteiger partial charge in [0.2, 0.25) is 5.91 Å². The van der Waals surface area contributed by atoms with Crippen LogP contribution in [0.3, 0.4) is 0 Å². The second-order valence-corrected chi connectivity index (χ2v) is 5.35. The Kier molecular flexibility index (Phi) is 7.05. The smallest absolute Gasteiger partial charge is 0.249 e. The number of ether oxygens (including phenoxy) is 1. The third-order valence-electron chi connectivity index (χ3n) is 2.96. The summed E-state index contributed by atoms with van der Waals surface area (Å²) in [7, 11) is 0. The first-order valence-electron chi connectivity index (χ1n) is 6.10. The summed E-state index contributed by atoms with van der Waals surface area (Å²) < 4.78 is 5.36. The van der Waals surface area contributed by atoms with Gasteiger partial charge in [-0.15, -0.1) is 12.4 Å². The van der Waals surface area contributed by atoms with Crippen molar-refractivity contribution in [2.75, 3.05) is 13.2 Å². The molecule has 17 heavy (non-hydrogen) atoms. The van der Waals surface area contributed by atoms with Gasteiger partial charge in [0.1, 0.15) is 6.10 Å². The Morgan fingerprint density at radius 3 is 2.65 bits per heavy atom. The third-order valence-corrected chi connectivity index (χ3v) is 2.96. The lowest BCUT2D eigenvalue weighted by atomic mass is 9.90. The third kappa shape index (κ3) is 5.23. The highest BCUT2D eigenvalue weighted by atomic mass is 35.5. The van der Waals surface area contributed by atoms with Crippen molar-refractivity contribution in [3.05, 3.63) is 0 Å². The number of nitrogens with two attached hydrogens (primary N) is 1. The molecule has 0 radical (unpaired) electrons. The maximum atomic E-state index is 11.9.